The van der Waals surface area contributed by atoms with Crippen LogP contribution in [0, 0.1) is 6.92 Å². The van der Waals surface area contributed by atoms with E-state index in [9.17, 15) is 8.42 Å². The maximum absolute atomic E-state index is 13.5. The van der Waals surface area contributed by atoms with Crippen molar-refractivity contribution in [3.8, 4) is 11.3 Å². The van der Waals surface area contributed by atoms with E-state index < -0.39 is 10.0 Å². The second-order valence-corrected chi connectivity index (χ2v) is 10.8. The zero-order valence-electron chi connectivity index (χ0n) is 15.0. The fourth-order valence-corrected chi connectivity index (χ4v) is 7.02. The molecule has 142 valence electrons. The van der Waals surface area contributed by atoms with Crippen LogP contribution in [-0.4, -0.2) is 30.7 Å². The number of fused-ring (bicyclic) bond motifs is 2. The molecule has 1 aliphatic heterocycles. The Morgan fingerprint density at radius 1 is 1.14 bits per heavy atom. The van der Waals surface area contributed by atoms with Crippen LogP contribution in [0.5, 0.6) is 0 Å². The van der Waals surface area contributed by atoms with Crippen LogP contribution >= 0.6 is 23.1 Å². The van der Waals surface area contributed by atoms with Crippen molar-refractivity contribution >= 4 is 49.0 Å². The summed E-state index contributed by atoms with van der Waals surface area (Å²) < 4.78 is 29.4. The summed E-state index contributed by atoms with van der Waals surface area (Å²) in [4.78, 5) is 8.91. The summed E-state index contributed by atoms with van der Waals surface area (Å²) in [6, 6.07) is 15.1. The van der Waals surface area contributed by atoms with E-state index in [1.54, 1.807) is 34.3 Å². The lowest BCUT2D eigenvalue weighted by Crippen LogP contribution is -2.35. The van der Waals surface area contributed by atoms with Gasteiger partial charge in [0, 0.05) is 34.6 Å². The molecular weight excluding hydrogens is 410 g/mol. The number of hydrogen-bond donors (Lipinski definition) is 1. The van der Waals surface area contributed by atoms with Gasteiger partial charge in [-0.3, -0.25) is 4.31 Å². The molecule has 0 atom stereocenters. The van der Waals surface area contributed by atoms with Gasteiger partial charge in [0.1, 0.15) is 0 Å². The fraction of sp³-hybridized carbons (Fsp3) is 0.150. The van der Waals surface area contributed by atoms with Gasteiger partial charge < -0.3 is 4.98 Å². The Morgan fingerprint density at radius 3 is 2.86 bits per heavy atom. The standard InChI is InChI=1S/C20H17N3O2S3/c1-13-22-17-6-5-15(12-20(17)27-13)28(24,25)23-9-10-26-19-7-4-14(11-18(19)23)16-3-2-8-21-16/h2-8,11-12,21H,9-10H2,1H3. The van der Waals surface area contributed by atoms with E-state index in [0.717, 1.165) is 42.8 Å². The van der Waals surface area contributed by atoms with Gasteiger partial charge in [0.05, 0.1) is 25.8 Å². The molecule has 0 spiro atoms. The minimum atomic E-state index is -3.65. The number of nitrogens with one attached hydrogen (secondary N) is 1. The van der Waals surface area contributed by atoms with Crippen LogP contribution in [0.3, 0.4) is 0 Å². The predicted molar refractivity (Wildman–Crippen MR) is 116 cm³/mol. The lowest BCUT2D eigenvalue weighted by atomic mass is 10.1. The highest BCUT2D eigenvalue weighted by Crippen LogP contribution is 2.40. The second kappa shape index (κ2) is 6.65. The minimum Gasteiger partial charge on any atom is -0.361 e. The van der Waals surface area contributed by atoms with Crippen LogP contribution in [0.4, 0.5) is 5.69 Å². The Hall–Kier alpha value is -2.29. The van der Waals surface area contributed by atoms with Crippen molar-refractivity contribution in [2.45, 2.75) is 16.7 Å². The number of H-pyrrole nitrogens is 1. The predicted octanol–water partition coefficient (Wildman–Crippen LogP) is 4.90. The summed E-state index contributed by atoms with van der Waals surface area (Å²) >= 11 is 3.20. The summed E-state index contributed by atoms with van der Waals surface area (Å²) in [5.74, 6) is 0.732. The molecule has 2 aromatic heterocycles. The van der Waals surface area contributed by atoms with E-state index in [0.29, 0.717) is 11.4 Å². The number of benzene rings is 2. The number of thiazole rings is 1. The van der Waals surface area contributed by atoms with E-state index in [1.807, 2.05) is 43.5 Å². The molecule has 0 radical (unpaired) electrons. The Morgan fingerprint density at radius 2 is 2.04 bits per heavy atom. The number of nitrogens with zero attached hydrogens (tertiary/aromatic N) is 2. The Balaban J connectivity index is 1.61. The van der Waals surface area contributed by atoms with Gasteiger partial charge in [0.2, 0.25) is 0 Å². The number of anilines is 1. The lowest BCUT2D eigenvalue weighted by molar-refractivity contribution is 0.591. The van der Waals surface area contributed by atoms with Crippen LogP contribution in [0.25, 0.3) is 21.5 Å². The minimum absolute atomic E-state index is 0.312. The van der Waals surface area contributed by atoms with E-state index in [2.05, 4.69) is 9.97 Å². The average molecular weight is 428 g/mol. The van der Waals surface area contributed by atoms with Gasteiger partial charge in [-0.15, -0.1) is 23.1 Å². The zero-order valence-corrected chi connectivity index (χ0v) is 17.5. The molecule has 2 aromatic carbocycles. The third-order valence-corrected chi connectivity index (χ3v) is 8.53. The van der Waals surface area contributed by atoms with E-state index in [4.69, 9.17) is 0 Å². The van der Waals surface area contributed by atoms with E-state index >= 15 is 0 Å². The SMILES string of the molecule is Cc1nc2ccc(S(=O)(=O)N3CCSc4ccc(-c5ccc[nH]5)cc43)cc2s1. The summed E-state index contributed by atoms with van der Waals surface area (Å²) in [6.45, 7) is 2.38. The highest BCUT2D eigenvalue weighted by Gasteiger charge is 2.30. The highest BCUT2D eigenvalue weighted by molar-refractivity contribution is 8.00. The molecule has 0 aliphatic carbocycles. The van der Waals surface area contributed by atoms with Gasteiger partial charge >= 0.3 is 0 Å². The number of rotatable bonds is 3. The van der Waals surface area contributed by atoms with Crippen molar-refractivity contribution in [2.75, 3.05) is 16.6 Å². The molecule has 1 aliphatic rings. The molecule has 0 saturated carbocycles. The van der Waals surface area contributed by atoms with Gasteiger partial charge in [-0.25, -0.2) is 13.4 Å². The van der Waals surface area contributed by atoms with Gasteiger partial charge in [-0.2, -0.15) is 0 Å². The summed E-state index contributed by atoms with van der Waals surface area (Å²) in [7, 11) is -3.65. The first-order valence-corrected chi connectivity index (χ1v) is 12.1. The quantitative estimate of drug-likeness (QED) is 0.505. The van der Waals surface area contributed by atoms with Crippen molar-refractivity contribution in [1.29, 1.82) is 0 Å². The first-order valence-electron chi connectivity index (χ1n) is 8.83. The highest BCUT2D eigenvalue weighted by atomic mass is 32.2. The molecular formula is C20H17N3O2S3. The van der Waals surface area contributed by atoms with Crippen molar-refractivity contribution < 1.29 is 8.42 Å². The summed E-state index contributed by atoms with van der Waals surface area (Å²) in [6.07, 6.45) is 1.87. The van der Waals surface area contributed by atoms with Gasteiger partial charge in [-0.05, 0) is 49.4 Å². The van der Waals surface area contributed by atoms with Crippen LogP contribution < -0.4 is 4.31 Å². The molecule has 3 heterocycles. The molecule has 0 saturated heterocycles. The van der Waals surface area contributed by atoms with Crippen molar-refractivity contribution in [2.24, 2.45) is 0 Å². The third kappa shape index (κ3) is 2.92. The smallest absolute Gasteiger partial charge is 0.264 e. The number of aromatic amines is 1. The summed E-state index contributed by atoms with van der Waals surface area (Å²) in [5, 5.41) is 0.930. The fourth-order valence-electron chi connectivity index (χ4n) is 3.43. The first kappa shape index (κ1) is 17.8. The number of sulfonamides is 1. The molecule has 0 unspecified atom stereocenters. The Kier molecular flexibility index (Phi) is 4.22. The van der Waals surface area contributed by atoms with Crippen molar-refractivity contribution in [3.63, 3.8) is 0 Å². The van der Waals surface area contributed by atoms with Crippen molar-refractivity contribution in [1.82, 2.24) is 9.97 Å². The Bertz CT molecular complexity index is 1280. The Labute approximate surface area is 171 Å². The van der Waals surface area contributed by atoms with Crippen molar-refractivity contribution in [3.05, 3.63) is 59.7 Å². The van der Waals surface area contributed by atoms with E-state index in [1.165, 1.54) is 11.3 Å². The van der Waals surface area contributed by atoms with Gasteiger partial charge in [0.15, 0.2) is 0 Å². The van der Waals surface area contributed by atoms with Crippen LogP contribution in [0.2, 0.25) is 0 Å². The zero-order chi connectivity index (χ0) is 19.3. The monoisotopic (exact) mass is 427 g/mol. The molecule has 0 fully saturated rings. The molecule has 5 rings (SSSR count). The number of hydrogen-bond acceptors (Lipinski definition) is 5. The first-order chi connectivity index (χ1) is 13.5. The third-order valence-electron chi connectivity index (χ3n) is 4.74. The molecule has 1 N–H and O–H groups in total. The molecule has 5 nitrogen and oxygen atoms in total. The second-order valence-electron chi connectivity index (χ2n) is 6.55. The normalized spacial score (nSPS) is 14.4. The van der Waals surface area contributed by atoms with Crippen LogP contribution in [-0.2, 0) is 10.0 Å². The maximum Gasteiger partial charge on any atom is 0.264 e. The number of aromatic nitrogens is 2. The van der Waals surface area contributed by atoms with Crippen LogP contribution in [0.15, 0.2) is 64.5 Å². The molecule has 28 heavy (non-hydrogen) atoms. The molecule has 0 amide bonds. The van der Waals surface area contributed by atoms with E-state index in [-0.39, 0.29) is 0 Å². The number of thioether (sulfide) groups is 1. The molecule has 8 heteroatoms. The molecule has 0 bridgehead atoms. The summed E-state index contributed by atoms with van der Waals surface area (Å²) in [5.41, 5.74) is 3.52. The maximum atomic E-state index is 13.5. The molecule has 4 aromatic rings. The lowest BCUT2D eigenvalue weighted by Gasteiger charge is -2.30. The van der Waals surface area contributed by atoms with Gasteiger partial charge in [-0.1, -0.05) is 6.07 Å². The largest absolute Gasteiger partial charge is 0.361 e. The van der Waals surface area contributed by atoms with Crippen LogP contribution in [0.1, 0.15) is 5.01 Å². The van der Waals surface area contributed by atoms with Gasteiger partial charge in [0.25, 0.3) is 10.0 Å². The topological polar surface area (TPSA) is 66.1 Å². The average Bonchev–Trinajstić information content (AvgIpc) is 3.35. The number of aryl methyl sites for hydroxylation is 1.